The predicted octanol–water partition coefficient (Wildman–Crippen LogP) is 4.27. The number of rotatable bonds is 6. The standard InChI is InChI=1S/C21H27NO3/c1-13-11-14(2)15(3)20(12-13)25-17(5)21(23)22-16(4)18-7-9-19(24-6)10-8-18/h7-12,16-17H,1-6H3,(H,22,23)/t16-,17+/m1/s1. The van der Waals surface area contributed by atoms with Crippen molar-refractivity contribution in [1.82, 2.24) is 5.32 Å². The number of hydrogen-bond donors (Lipinski definition) is 1. The lowest BCUT2D eigenvalue weighted by Gasteiger charge is -2.21. The molecule has 0 aliphatic heterocycles. The Kier molecular flexibility index (Phi) is 6.07. The van der Waals surface area contributed by atoms with Crippen LogP contribution < -0.4 is 14.8 Å². The van der Waals surface area contributed by atoms with Crippen molar-refractivity contribution >= 4 is 5.91 Å². The molecule has 4 heteroatoms. The third-order valence-electron chi connectivity index (χ3n) is 4.41. The van der Waals surface area contributed by atoms with E-state index in [-0.39, 0.29) is 11.9 Å². The van der Waals surface area contributed by atoms with Crippen LogP contribution in [0.15, 0.2) is 36.4 Å². The second-order valence-corrected chi connectivity index (χ2v) is 6.47. The first-order valence-electron chi connectivity index (χ1n) is 8.50. The zero-order chi connectivity index (χ0) is 18.6. The number of amides is 1. The lowest BCUT2D eigenvalue weighted by atomic mass is 10.1. The van der Waals surface area contributed by atoms with Gasteiger partial charge < -0.3 is 14.8 Å². The van der Waals surface area contributed by atoms with E-state index < -0.39 is 6.10 Å². The van der Waals surface area contributed by atoms with Gasteiger partial charge in [0.05, 0.1) is 13.2 Å². The van der Waals surface area contributed by atoms with Gasteiger partial charge >= 0.3 is 0 Å². The Hall–Kier alpha value is -2.49. The summed E-state index contributed by atoms with van der Waals surface area (Å²) in [6.07, 6.45) is -0.569. The first kappa shape index (κ1) is 18.8. The molecule has 0 radical (unpaired) electrons. The average Bonchev–Trinajstić information content (AvgIpc) is 2.59. The molecule has 0 bridgehead atoms. The summed E-state index contributed by atoms with van der Waals surface area (Å²) in [5.41, 5.74) is 4.36. The Morgan fingerprint density at radius 3 is 2.28 bits per heavy atom. The van der Waals surface area contributed by atoms with E-state index in [1.54, 1.807) is 14.0 Å². The highest BCUT2D eigenvalue weighted by molar-refractivity contribution is 5.81. The first-order valence-corrected chi connectivity index (χ1v) is 8.50. The van der Waals surface area contributed by atoms with E-state index in [1.165, 1.54) is 0 Å². The zero-order valence-corrected chi connectivity index (χ0v) is 15.8. The van der Waals surface area contributed by atoms with Crippen molar-refractivity contribution in [3.05, 3.63) is 58.7 Å². The normalized spacial score (nSPS) is 13.0. The molecule has 2 rings (SSSR count). The van der Waals surface area contributed by atoms with Crippen molar-refractivity contribution in [3.8, 4) is 11.5 Å². The summed E-state index contributed by atoms with van der Waals surface area (Å²) in [6.45, 7) is 9.80. The fourth-order valence-electron chi connectivity index (χ4n) is 2.67. The minimum absolute atomic E-state index is 0.107. The van der Waals surface area contributed by atoms with Gasteiger partial charge in [-0.15, -0.1) is 0 Å². The van der Waals surface area contributed by atoms with E-state index in [0.29, 0.717) is 0 Å². The minimum atomic E-state index is -0.569. The summed E-state index contributed by atoms with van der Waals surface area (Å²) in [7, 11) is 1.63. The summed E-state index contributed by atoms with van der Waals surface area (Å²) in [5, 5.41) is 3.00. The molecule has 0 heterocycles. The van der Waals surface area contributed by atoms with E-state index in [1.807, 2.05) is 58.0 Å². The lowest BCUT2D eigenvalue weighted by Crippen LogP contribution is -2.37. The van der Waals surface area contributed by atoms with Gasteiger partial charge in [-0.05, 0) is 75.1 Å². The number of ether oxygens (including phenoxy) is 2. The van der Waals surface area contributed by atoms with Gasteiger partial charge in [-0.25, -0.2) is 0 Å². The van der Waals surface area contributed by atoms with Gasteiger partial charge in [-0.3, -0.25) is 4.79 Å². The number of hydrogen-bond acceptors (Lipinski definition) is 3. The van der Waals surface area contributed by atoms with Crippen molar-refractivity contribution in [3.63, 3.8) is 0 Å². The molecule has 2 atom stereocenters. The van der Waals surface area contributed by atoms with Crippen molar-refractivity contribution < 1.29 is 14.3 Å². The largest absolute Gasteiger partial charge is 0.497 e. The smallest absolute Gasteiger partial charge is 0.261 e. The number of nitrogens with one attached hydrogen (secondary N) is 1. The summed E-state index contributed by atoms with van der Waals surface area (Å²) < 4.78 is 11.1. The van der Waals surface area contributed by atoms with Gasteiger partial charge in [-0.1, -0.05) is 18.2 Å². The Bertz CT molecular complexity index is 738. The number of aryl methyl sites for hydroxylation is 2. The van der Waals surface area contributed by atoms with E-state index in [2.05, 4.69) is 11.4 Å². The maximum atomic E-state index is 12.5. The Labute approximate surface area is 150 Å². The Balaban J connectivity index is 2.02. The van der Waals surface area contributed by atoms with Crippen LogP contribution in [0.4, 0.5) is 0 Å². The van der Waals surface area contributed by atoms with Gasteiger partial charge in [-0.2, -0.15) is 0 Å². The molecule has 0 saturated heterocycles. The summed E-state index contributed by atoms with van der Waals surface area (Å²) in [5.74, 6) is 1.42. The highest BCUT2D eigenvalue weighted by Gasteiger charge is 2.19. The molecule has 2 aromatic carbocycles. The van der Waals surface area contributed by atoms with Crippen LogP contribution in [0.25, 0.3) is 0 Å². The van der Waals surface area contributed by atoms with Gasteiger partial charge in [0, 0.05) is 0 Å². The van der Waals surface area contributed by atoms with E-state index in [0.717, 1.165) is 33.8 Å². The lowest BCUT2D eigenvalue weighted by molar-refractivity contribution is -0.127. The van der Waals surface area contributed by atoms with Crippen LogP contribution >= 0.6 is 0 Å². The van der Waals surface area contributed by atoms with E-state index >= 15 is 0 Å². The zero-order valence-electron chi connectivity index (χ0n) is 15.8. The second-order valence-electron chi connectivity index (χ2n) is 6.47. The van der Waals surface area contributed by atoms with Crippen LogP contribution in [0.1, 0.15) is 42.1 Å². The molecular weight excluding hydrogens is 314 g/mol. The fourth-order valence-corrected chi connectivity index (χ4v) is 2.67. The number of carbonyl (C=O) groups is 1. The van der Waals surface area contributed by atoms with E-state index in [9.17, 15) is 4.79 Å². The maximum Gasteiger partial charge on any atom is 0.261 e. The van der Waals surface area contributed by atoms with Crippen LogP contribution in [-0.2, 0) is 4.79 Å². The van der Waals surface area contributed by atoms with Crippen LogP contribution in [0, 0.1) is 20.8 Å². The molecule has 4 nitrogen and oxygen atoms in total. The Morgan fingerprint density at radius 2 is 1.68 bits per heavy atom. The third kappa shape index (κ3) is 4.75. The predicted molar refractivity (Wildman–Crippen MR) is 100 cm³/mol. The molecular formula is C21H27NO3. The summed E-state index contributed by atoms with van der Waals surface area (Å²) in [6, 6.07) is 11.6. The molecule has 0 spiro atoms. The molecule has 0 saturated carbocycles. The number of benzene rings is 2. The van der Waals surface area contributed by atoms with Crippen molar-refractivity contribution in [2.45, 2.75) is 46.8 Å². The fraction of sp³-hybridized carbons (Fsp3) is 0.381. The van der Waals surface area contributed by atoms with Gasteiger partial charge in [0.15, 0.2) is 6.10 Å². The molecule has 134 valence electrons. The molecule has 1 N–H and O–H groups in total. The average molecular weight is 341 g/mol. The van der Waals surface area contributed by atoms with Crippen molar-refractivity contribution in [2.75, 3.05) is 7.11 Å². The van der Waals surface area contributed by atoms with Crippen LogP contribution in [0.2, 0.25) is 0 Å². The summed E-state index contributed by atoms with van der Waals surface area (Å²) in [4.78, 5) is 12.5. The van der Waals surface area contributed by atoms with Crippen molar-refractivity contribution in [1.29, 1.82) is 0 Å². The molecule has 1 amide bonds. The molecule has 0 fully saturated rings. The second kappa shape index (κ2) is 8.06. The van der Waals surface area contributed by atoms with Crippen LogP contribution in [-0.4, -0.2) is 19.1 Å². The van der Waals surface area contributed by atoms with Gasteiger partial charge in [0.25, 0.3) is 5.91 Å². The highest BCUT2D eigenvalue weighted by atomic mass is 16.5. The summed E-state index contributed by atoms with van der Waals surface area (Å²) >= 11 is 0. The molecule has 0 aliphatic carbocycles. The quantitative estimate of drug-likeness (QED) is 0.854. The van der Waals surface area contributed by atoms with Gasteiger partial charge in [0.1, 0.15) is 11.5 Å². The Morgan fingerprint density at radius 1 is 1.04 bits per heavy atom. The van der Waals surface area contributed by atoms with Crippen LogP contribution in [0.5, 0.6) is 11.5 Å². The number of carbonyl (C=O) groups excluding carboxylic acids is 1. The van der Waals surface area contributed by atoms with Crippen LogP contribution in [0.3, 0.4) is 0 Å². The molecule has 0 aliphatic rings. The monoisotopic (exact) mass is 341 g/mol. The topological polar surface area (TPSA) is 47.6 Å². The maximum absolute atomic E-state index is 12.5. The van der Waals surface area contributed by atoms with E-state index in [4.69, 9.17) is 9.47 Å². The minimum Gasteiger partial charge on any atom is -0.497 e. The third-order valence-corrected chi connectivity index (χ3v) is 4.41. The van der Waals surface area contributed by atoms with Gasteiger partial charge in [0.2, 0.25) is 0 Å². The van der Waals surface area contributed by atoms with Crippen molar-refractivity contribution in [2.24, 2.45) is 0 Å². The number of methoxy groups -OCH3 is 1. The SMILES string of the molecule is COc1ccc([C@@H](C)NC(=O)[C@H](C)Oc2cc(C)cc(C)c2C)cc1. The highest BCUT2D eigenvalue weighted by Crippen LogP contribution is 2.24. The first-order chi connectivity index (χ1) is 11.8. The molecule has 0 aromatic heterocycles. The molecule has 2 aromatic rings. The molecule has 0 unspecified atom stereocenters. The molecule has 25 heavy (non-hydrogen) atoms.